The third kappa shape index (κ3) is 9.96. The van der Waals surface area contributed by atoms with E-state index < -0.39 is 0 Å². The van der Waals surface area contributed by atoms with Crippen molar-refractivity contribution in [2.45, 2.75) is 64.7 Å². The first kappa shape index (κ1) is 12.0. The average molecular weight is 172 g/mol. The molecule has 12 heavy (non-hydrogen) atoms. The first-order valence-corrected chi connectivity index (χ1v) is 5.52. The zero-order valence-electron chi connectivity index (χ0n) is 8.52. The highest BCUT2D eigenvalue weighted by Gasteiger charge is 1.95. The summed E-state index contributed by atoms with van der Waals surface area (Å²) >= 11 is 0. The van der Waals surface area contributed by atoms with Crippen LogP contribution in [-0.2, 0) is 0 Å². The molecule has 0 heterocycles. The summed E-state index contributed by atoms with van der Waals surface area (Å²) in [6, 6.07) is 0. The highest BCUT2D eigenvalue weighted by atomic mass is 16.2. The predicted molar refractivity (Wildman–Crippen MR) is 54.3 cm³/mol. The Bertz CT molecular complexity index is 51.9. The van der Waals surface area contributed by atoms with E-state index in [4.69, 9.17) is 5.11 Å². The van der Waals surface area contributed by atoms with Gasteiger partial charge in [0, 0.05) is 6.61 Å². The van der Waals surface area contributed by atoms with Gasteiger partial charge in [-0.1, -0.05) is 58.3 Å². The van der Waals surface area contributed by atoms with Gasteiger partial charge in [0.05, 0.1) is 0 Å². The van der Waals surface area contributed by atoms with Crippen molar-refractivity contribution >= 4 is 0 Å². The highest BCUT2D eigenvalue weighted by Crippen LogP contribution is 2.15. The standard InChI is InChI=1S/C6H12.C5H12O/c1-2-4-6-5-3-1;1-2-3-4-5-6/h1-6H2;6H,2-5H2,1H3. The molecule has 0 bridgehead atoms. The molecule has 74 valence electrons. The van der Waals surface area contributed by atoms with Gasteiger partial charge in [0.25, 0.3) is 0 Å². The lowest BCUT2D eigenvalue weighted by Gasteiger charge is -2.05. The van der Waals surface area contributed by atoms with Gasteiger partial charge in [0.2, 0.25) is 0 Å². The predicted octanol–water partition coefficient (Wildman–Crippen LogP) is 3.51. The van der Waals surface area contributed by atoms with E-state index in [1.165, 1.54) is 44.9 Å². The number of unbranched alkanes of at least 4 members (excludes halogenated alkanes) is 2. The molecular formula is C11H24O. The van der Waals surface area contributed by atoms with Crippen molar-refractivity contribution in [3.8, 4) is 0 Å². The van der Waals surface area contributed by atoms with Crippen LogP contribution >= 0.6 is 0 Å². The maximum Gasteiger partial charge on any atom is 0.0431 e. The summed E-state index contributed by atoms with van der Waals surface area (Å²) in [4.78, 5) is 0. The Morgan fingerprint density at radius 3 is 1.42 bits per heavy atom. The highest BCUT2D eigenvalue weighted by molar-refractivity contribution is 4.51. The molecule has 0 aromatic heterocycles. The van der Waals surface area contributed by atoms with Gasteiger partial charge in [-0.25, -0.2) is 0 Å². The SMILES string of the molecule is C1CCCCC1.CCCCCO. The molecule has 0 unspecified atom stereocenters. The maximum atomic E-state index is 8.20. The van der Waals surface area contributed by atoms with Gasteiger partial charge < -0.3 is 5.11 Å². The molecule has 1 nitrogen and oxygen atoms in total. The van der Waals surface area contributed by atoms with Gasteiger partial charge in [-0.05, 0) is 6.42 Å². The Labute approximate surface area is 77.2 Å². The fraction of sp³-hybridized carbons (Fsp3) is 1.00. The van der Waals surface area contributed by atoms with Crippen molar-refractivity contribution in [1.29, 1.82) is 0 Å². The summed E-state index contributed by atoms with van der Waals surface area (Å²) in [6.45, 7) is 2.48. The van der Waals surface area contributed by atoms with Gasteiger partial charge >= 0.3 is 0 Å². The third-order valence-corrected chi connectivity index (χ3v) is 2.26. The smallest absolute Gasteiger partial charge is 0.0431 e. The number of hydrogen-bond donors (Lipinski definition) is 1. The maximum absolute atomic E-state index is 8.20. The van der Waals surface area contributed by atoms with E-state index in [2.05, 4.69) is 6.92 Å². The van der Waals surface area contributed by atoms with Crippen LogP contribution in [0.2, 0.25) is 0 Å². The van der Waals surface area contributed by atoms with Gasteiger partial charge in [-0.15, -0.1) is 0 Å². The minimum absolute atomic E-state index is 0.355. The molecular weight excluding hydrogens is 148 g/mol. The summed E-state index contributed by atoms with van der Waals surface area (Å²) in [6.07, 6.45) is 12.3. The van der Waals surface area contributed by atoms with Crippen LogP contribution in [0.25, 0.3) is 0 Å². The largest absolute Gasteiger partial charge is 0.396 e. The summed E-state index contributed by atoms with van der Waals surface area (Å²) in [7, 11) is 0. The van der Waals surface area contributed by atoms with Crippen LogP contribution in [-0.4, -0.2) is 11.7 Å². The van der Waals surface area contributed by atoms with Crippen LogP contribution in [0.15, 0.2) is 0 Å². The van der Waals surface area contributed by atoms with Gasteiger partial charge in [0.1, 0.15) is 0 Å². The first-order valence-electron chi connectivity index (χ1n) is 5.52. The Hall–Kier alpha value is -0.0400. The van der Waals surface area contributed by atoms with Crippen molar-refractivity contribution < 1.29 is 5.11 Å². The van der Waals surface area contributed by atoms with Crippen LogP contribution in [0.4, 0.5) is 0 Å². The van der Waals surface area contributed by atoms with Crippen molar-refractivity contribution in [2.75, 3.05) is 6.61 Å². The molecule has 1 saturated carbocycles. The van der Waals surface area contributed by atoms with E-state index in [9.17, 15) is 0 Å². The van der Waals surface area contributed by atoms with Crippen LogP contribution in [0, 0.1) is 0 Å². The average Bonchev–Trinajstić information content (AvgIpc) is 2.18. The molecule has 0 saturated heterocycles. The first-order chi connectivity index (χ1) is 5.91. The quantitative estimate of drug-likeness (QED) is 0.646. The second-order valence-electron chi connectivity index (χ2n) is 3.55. The molecule has 1 aliphatic rings. The van der Waals surface area contributed by atoms with E-state index >= 15 is 0 Å². The van der Waals surface area contributed by atoms with Gasteiger partial charge in [0.15, 0.2) is 0 Å². The van der Waals surface area contributed by atoms with Crippen molar-refractivity contribution in [3.63, 3.8) is 0 Å². The monoisotopic (exact) mass is 172 g/mol. The fourth-order valence-electron chi connectivity index (χ4n) is 1.42. The molecule has 0 amide bonds. The zero-order chi connectivity index (χ0) is 9.07. The topological polar surface area (TPSA) is 20.2 Å². The normalized spacial score (nSPS) is 16.5. The molecule has 0 aromatic carbocycles. The molecule has 0 radical (unpaired) electrons. The van der Waals surface area contributed by atoms with Crippen LogP contribution < -0.4 is 0 Å². The molecule has 1 aliphatic carbocycles. The molecule has 1 rings (SSSR count). The van der Waals surface area contributed by atoms with E-state index in [0.29, 0.717) is 6.61 Å². The summed E-state index contributed by atoms with van der Waals surface area (Å²) in [5.74, 6) is 0. The fourth-order valence-corrected chi connectivity index (χ4v) is 1.42. The Balaban J connectivity index is 0.000000202. The minimum atomic E-state index is 0.355. The van der Waals surface area contributed by atoms with Crippen LogP contribution in [0.1, 0.15) is 64.7 Å². The van der Waals surface area contributed by atoms with E-state index in [0.717, 1.165) is 12.8 Å². The summed E-state index contributed by atoms with van der Waals surface area (Å²) < 4.78 is 0. The second-order valence-corrected chi connectivity index (χ2v) is 3.55. The molecule has 1 N–H and O–H groups in total. The van der Waals surface area contributed by atoms with Crippen molar-refractivity contribution in [1.82, 2.24) is 0 Å². The number of rotatable bonds is 3. The molecule has 0 aliphatic heterocycles. The lowest BCUT2D eigenvalue weighted by atomic mass is 10.0. The molecule has 0 spiro atoms. The van der Waals surface area contributed by atoms with E-state index in [1.54, 1.807) is 0 Å². The summed E-state index contributed by atoms with van der Waals surface area (Å²) in [5, 5.41) is 8.20. The molecule has 0 aromatic rings. The Kier molecular flexibility index (Phi) is 10.9. The minimum Gasteiger partial charge on any atom is -0.396 e. The van der Waals surface area contributed by atoms with E-state index in [-0.39, 0.29) is 0 Å². The van der Waals surface area contributed by atoms with Gasteiger partial charge in [-0.2, -0.15) is 0 Å². The van der Waals surface area contributed by atoms with Crippen molar-refractivity contribution in [2.24, 2.45) is 0 Å². The van der Waals surface area contributed by atoms with Crippen LogP contribution in [0.3, 0.4) is 0 Å². The van der Waals surface area contributed by atoms with Crippen LogP contribution in [0.5, 0.6) is 0 Å². The third-order valence-electron chi connectivity index (χ3n) is 2.26. The number of hydrogen-bond acceptors (Lipinski definition) is 1. The Morgan fingerprint density at radius 2 is 1.25 bits per heavy atom. The lowest BCUT2D eigenvalue weighted by Crippen LogP contribution is -1.85. The summed E-state index contributed by atoms with van der Waals surface area (Å²) in [5.41, 5.74) is 0. The number of aliphatic hydroxyl groups excluding tert-OH is 1. The lowest BCUT2D eigenvalue weighted by molar-refractivity contribution is 0.284. The van der Waals surface area contributed by atoms with E-state index in [1.807, 2.05) is 0 Å². The zero-order valence-corrected chi connectivity index (χ0v) is 8.52. The second kappa shape index (κ2) is 11.0. The molecule has 1 heteroatoms. The molecule has 1 fully saturated rings. The molecule has 0 atom stereocenters. The van der Waals surface area contributed by atoms with Gasteiger partial charge in [-0.3, -0.25) is 0 Å². The Morgan fingerprint density at radius 1 is 0.833 bits per heavy atom. The van der Waals surface area contributed by atoms with Crippen molar-refractivity contribution in [3.05, 3.63) is 0 Å². The number of aliphatic hydroxyl groups is 1.